The summed E-state index contributed by atoms with van der Waals surface area (Å²) in [6, 6.07) is 0. The summed E-state index contributed by atoms with van der Waals surface area (Å²) < 4.78 is 4.72. The van der Waals surface area contributed by atoms with Crippen LogP contribution in [0.4, 0.5) is 0 Å². The van der Waals surface area contributed by atoms with Crippen LogP contribution in [-0.4, -0.2) is 37.0 Å². The van der Waals surface area contributed by atoms with Gasteiger partial charge in [-0.15, -0.1) is 6.58 Å². The molecule has 0 saturated heterocycles. The van der Waals surface area contributed by atoms with Gasteiger partial charge in [0, 0.05) is 19.5 Å². The molecular formula is C16H27NO3. The molecule has 4 nitrogen and oxygen atoms in total. The fourth-order valence-electron chi connectivity index (χ4n) is 2.81. The SMILES string of the molecule is C=CCN(CC(C)C(=O)OC)C(=O)CC1CCCCC1. The molecule has 1 amide bonds. The minimum atomic E-state index is -0.296. The first-order valence-corrected chi connectivity index (χ1v) is 7.55. The molecule has 1 saturated carbocycles. The van der Waals surface area contributed by atoms with Crippen LogP contribution < -0.4 is 0 Å². The standard InChI is InChI=1S/C16H27NO3/c1-4-10-17(12-13(2)16(19)20-3)15(18)11-14-8-6-5-7-9-14/h4,13-14H,1,5-12H2,2-3H3. The molecule has 0 aromatic rings. The van der Waals surface area contributed by atoms with Gasteiger partial charge in [0.1, 0.15) is 0 Å². The number of amides is 1. The summed E-state index contributed by atoms with van der Waals surface area (Å²) in [5, 5.41) is 0. The van der Waals surface area contributed by atoms with Crippen molar-refractivity contribution in [2.75, 3.05) is 20.2 Å². The topological polar surface area (TPSA) is 46.6 Å². The molecule has 0 spiro atoms. The zero-order valence-electron chi connectivity index (χ0n) is 12.8. The van der Waals surface area contributed by atoms with E-state index in [4.69, 9.17) is 4.74 Å². The van der Waals surface area contributed by atoms with Crippen LogP contribution in [0.2, 0.25) is 0 Å². The Morgan fingerprint density at radius 1 is 1.35 bits per heavy atom. The lowest BCUT2D eigenvalue weighted by molar-refractivity contribution is -0.146. The van der Waals surface area contributed by atoms with Crippen molar-refractivity contribution < 1.29 is 14.3 Å². The highest BCUT2D eigenvalue weighted by Crippen LogP contribution is 2.27. The molecule has 1 aliphatic carbocycles. The van der Waals surface area contributed by atoms with E-state index in [0.717, 1.165) is 12.8 Å². The predicted octanol–water partition coefficient (Wildman–Crippen LogP) is 2.78. The van der Waals surface area contributed by atoms with Crippen molar-refractivity contribution in [3.63, 3.8) is 0 Å². The van der Waals surface area contributed by atoms with Gasteiger partial charge >= 0.3 is 5.97 Å². The lowest BCUT2D eigenvalue weighted by Gasteiger charge is -2.27. The van der Waals surface area contributed by atoms with Crippen LogP contribution in [-0.2, 0) is 14.3 Å². The van der Waals surface area contributed by atoms with E-state index in [1.807, 2.05) is 0 Å². The molecule has 1 fully saturated rings. The molecule has 0 radical (unpaired) electrons. The van der Waals surface area contributed by atoms with Gasteiger partial charge in [0.2, 0.25) is 5.91 Å². The largest absolute Gasteiger partial charge is 0.469 e. The van der Waals surface area contributed by atoms with Crippen LogP contribution in [0.3, 0.4) is 0 Å². The minimum Gasteiger partial charge on any atom is -0.469 e. The third kappa shape index (κ3) is 5.35. The smallest absolute Gasteiger partial charge is 0.310 e. The normalized spacial score (nSPS) is 17.3. The molecule has 20 heavy (non-hydrogen) atoms. The van der Waals surface area contributed by atoms with Crippen LogP contribution in [0, 0.1) is 11.8 Å². The summed E-state index contributed by atoms with van der Waals surface area (Å²) in [5.74, 6) is 0.0735. The zero-order chi connectivity index (χ0) is 15.0. The van der Waals surface area contributed by atoms with Gasteiger partial charge in [-0.25, -0.2) is 0 Å². The van der Waals surface area contributed by atoms with Crippen molar-refractivity contribution in [3.05, 3.63) is 12.7 Å². The molecule has 4 heteroatoms. The van der Waals surface area contributed by atoms with E-state index in [0.29, 0.717) is 25.4 Å². The second kappa shape index (κ2) is 8.77. The molecule has 0 aliphatic heterocycles. The summed E-state index contributed by atoms with van der Waals surface area (Å²) in [4.78, 5) is 25.6. The van der Waals surface area contributed by atoms with Gasteiger partial charge in [-0.3, -0.25) is 9.59 Å². The molecule has 0 N–H and O–H groups in total. The average Bonchev–Trinajstić information content (AvgIpc) is 2.46. The molecule has 114 valence electrons. The number of hydrogen-bond donors (Lipinski definition) is 0. The van der Waals surface area contributed by atoms with Crippen molar-refractivity contribution in [2.24, 2.45) is 11.8 Å². The number of rotatable bonds is 7. The van der Waals surface area contributed by atoms with Crippen molar-refractivity contribution in [1.82, 2.24) is 4.90 Å². The third-order valence-corrected chi connectivity index (χ3v) is 3.99. The Bertz CT molecular complexity index is 335. The first-order chi connectivity index (χ1) is 9.58. The highest BCUT2D eigenvalue weighted by atomic mass is 16.5. The van der Waals surface area contributed by atoms with Gasteiger partial charge in [-0.05, 0) is 18.8 Å². The summed E-state index contributed by atoms with van der Waals surface area (Å²) in [6.45, 7) is 6.38. The highest BCUT2D eigenvalue weighted by molar-refractivity contribution is 5.78. The quantitative estimate of drug-likeness (QED) is 0.532. The van der Waals surface area contributed by atoms with E-state index in [9.17, 15) is 9.59 Å². The van der Waals surface area contributed by atoms with Crippen LogP contribution in [0.25, 0.3) is 0 Å². The molecule has 1 unspecified atom stereocenters. The monoisotopic (exact) mass is 281 g/mol. The van der Waals surface area contributed by atoms with Crippen molar-refractivity contribution in [1.29, 1.82) is 0 Å². The predicted molar refractivity (Wildman–Crippen MR) is 79.1 cm³/mol. The summed E-state index contributed by atoms with van der Waals surface area (Å²) in [6.07, 6.45) is 8.38. The van der Waals surface area contributed by atoms with E-state index >= 15 is 0 Å². The average molecular weight is 281 g/mol. The molecule has 1 rings (SSSR count). The van der Waals surface area contributed by atoms with Gasteiger partial charge in [0.15, 0.2) is 0 Å². The van der Waals surface area contributed by atoms with Gasteiger partial charge < -0.3 is 9.64 Å². The number of carbonyl (C=O) groups is 2. The third-order valence-electron chi connectivity index (χ3n) is 3.99. The van der Waals surface area contributed by atoms with Gasteiger partial charge in [-0.1, -0.05) is 32.3 Å². The molecular weight excluding hydrogens is 254 g/mol. The van der Waals surface area contributed by atoms with Crippen LogP contribution in [0.1, 0.15) is 45.4 Å². The van der Waals surface area contributed by atoms with E-state index in [-0.39, 0.29) is 17.8 Å². The second-order valence-corrected chi connectivity index (χ2v) is 5.72. The van der Waals surface area contributed by atoms with Gasteiger partial charge in [-0.2, -0.15) is 0 Å². The Kier molecular flexibility index (Phi) is 7.34. The molecule has 0 aromatic carbocycles. The number of nitrogens with zero attached hydrogens (tertiary/aromatic N) is 1. The molecule has 0 aromatic heterocycles. The van der Waals surface area contributed by atoms with Crippen LogP contribution in [0.15, 0.2) is 12.7 Å². The van der Waals surface area contributed by atoms with Crippen molar-refractivity contribution in [2.45, 2.75) is 45.4 Å². The Morgan fingerprint density at radius 3 is 2.55 bits per heavy atom. The van der Waals surface area contributed by atoms with Gasteiger partial charge in [0.05, 0.1) is 13.0 Å². The first-order valence-electron chi connectivity index (χ1n) is 7.55. The minimum absolute atomic E-state index is 0.132. The number of ether oxygens (including phenoxy) is 1. The summed E-state index contributed by atoms with van der Waals surface area (Å²) >= 11 is 0. The van der Waals surface area contributed by atoms with Crippen molar-refractivity contribution in [3.8, 4) is 0 Å². The fraction of sp³-hybridized carbons (Fsp3) is 0.750. The second-order valence-electron chi connectivity index (χ2n) is 5.72. The van der Waals surface area contributed by atoms with E-state index in [1.54, 1.807) is 17.9 Å². The molecule has 0 bridgehead atoms. The van der Waals surface area contributed by atoms with Crippen LogP contribution >= 0.6 is 0 Å². The Morgan fingerprint density at radius 2 is 2.00 bits per heavy atom. The Hall–Kier alpha value is -1.32. The Labute approximate surface area is 122 Å². The number of hydrogen-bond acceptors (Lipinski definition) is 3. The maximum absolute atomic E-state index is 12.4. The molecule has 1 aliphatic rings. The fourth-order valence-corrected chi connectivity index (χ4v) is 2.81. The maximum Gasteiger partial charge on any atom is 0.310 e. The highest BCUT2D eigenvalue weighted by Gasteiger charge is 2.24. The van der Waals surface area contributed by atoms with Crippen molar-refractivity contribution >= 4 is 11.9 Å². The van der Waals surface area contributed by atoms with E-state index < -0.39 is 0 Å². The zero-order valence-corrected chi connectivity index (χ0v) is 12.8. The molecule has 0 heterocycles. The molecule has 1 atom stereocenters. The lowest BCUT2D eigenvalue weighted by atomic mass is 9.86. The van der Waals surface area contributed by atoms with E-state index in [2.05, 4.69) is 6.58 Å². The number of carbonyl (C=O) groups excluding carboxylic acids is 2. The number of esters is 1. The summed E-state index contributed by atoms with van der Waals surface area (Å²) in [5.41, 5.74) is 0. The summed E-state index contributed by atoms with van der Waals surface area (Å²) in [7, 11) is 1.38. The maximum atomic E-state index is 12.4. The first kappa shape index (κ1) is 16.7. The van der Waals surface area contributed by atoms with Gasteiger partial charge in [0.25, 0.3) is 0 Å². The van der Waals surface area contributed by atoms with E-state index in [1.165, 1.54) is 26.4 Å². The van der Waals surface area contributed by atoms with Crippen LogP contribution in [0.5, 0.6) is 0 Å². The lowest BCUT2D eigenvalue weighted by Crippen LogP contribution is -2.38. The Balaban J connectivity index is 2.52. The number of methoxy groups -OCH3 is 1.